The van der Waals surface area contributed by atoms with Crippen LogP contribution in [-0.4, -0.2) is 83.7 Å². The zero-order valence-electron chi connectivity index (χ0n) is 11.1. The minimum atomic E-state index is -3.12. The molecule has 2 aliphatic rings. The summed E-state index contributed by atoms with van der Waals surface area (Å²) >= 11 is 0. The number of urea groups is 1. The van der Waals surface area contributed by atoms with Gasteiger partial charge in [-0.25, -0.2) is 18.0 Å². The fourth-order valence-corrected chi connectivity index (χ4v) is 4.47. The summed E-state index contributed by atoms with van der Waals surface area (Å²) in [6.07, 6.45) is -0.503. The summed E-state index contributed by atoms with van der Waals surface area (Å²) < 4.78 is 22.9. The average Bonchev–Trinajstić information content (AvgIpc) is 2.90. The van der Waals surface area contributed by atoms with Gasteiger partial charge in [-0.15, -0.1) is 0 Å². The van der Waals surface area contributed by atoms with Gasteiger partial charge < -0.3 is 20.0 Å². The summed E-state index contributed by atoms with van der Waals surface area (Å²) in [5.74, 6) is -1.22. The van der Waals surface area contributed by atoms with Crippen molar-refractivity contribution < 1.29 is 28.2 Å². The van der Waals surface area contributed by atoms with Crippen LogP contribution in [0.1, 0.15) is 12.8 Å². The molecule has 114 valence electrons. The standard InChI is InChI=1S/C11H18N2O6S/c1-12(7-2-3-20(18,19)6-7)11(17)13-5-8(14)4-9(13)10(15)16/h7-9,14H,2-6H2,1H3,(H,15,16). The largest absolute Gasteiger partial charge is 0.480 e. The first kappa shape index (κ1) is 15.0. The van der Waals surface area contributed by atoms with Crippen molar-refractivity contribution in [2.45, 2.75) is 31.0 Å². The van der Waals surface area contributed by atoms with E-state index in [9.17, 15) is 23.1 Å². The Morgan fingerprint density at radius 2 is 2.00 bits per heavy atom. The number of nitrogens with zero attached hydrogens (tertiary/aromatic N) is 2. The van der Waals surface area contributed by atoms with Gasteiger partial charge in [0.15, 0.2) is 9.84 Å². The Labute approximate surface area is 116 Å². The van der Waals surface area contributed by atoms with E-state index >= 15 is 0 Å². The molecule has 9 heteroatoms. The van der Waals surface area contributed by atoms with Gasteiger partial charge in [0.2, 0.25) is 0 Å². The number of rotatable bonds is 2. The van der Waals surface area contributed by atoms with Crippen LogP contribution < -0.4 is 0 Å². The Morgan fingerprint density at radius 1 is 1.35 bits per heavy atom. The molecule has 0 spiro atoms. The minimum Gasteiger partial charge on any atom is -0.480 e. The van der Waals surface area contributed by atoms with E-state index in [-0.39, 0.29) is 24.5 Å². The van der Waals surface area contributed by atoms with E-state index in [2.05, 4.69) is 0 Å². The number of carboxylic acids is 1. The zero-order chi connectivity index (χ0) is 15.1. The number of aliphatic hydroxyl groups excluding tert-OH is 1. The number of amides is 2. The lowest BCUT2D eigenvalue weighted by Crippen LogP contribution is -2.50. The van der Waals surface area contributed by atoms with E-state index in [4.69, 9.17) is 5.11 Å². The molecular weight excluding hydrogens is 288 g/mol. The lowest BCUT2D eigenvalue weighted by molar-refractivity contribution is -0.141. The van der Waals surface area contributed by atoms with Gasteiger partial charge in [0.1, 0.15) is 6.04 Å². The van der Waals surface area contributed by atoms with Gasteiger partial charge in [0.25, 0.3) is 0 Å². The number of sulfone groups is 1. The van der Waals surface area contributed by atoms with Gasteiger partial charge in [-0.1, -0.05) is 0 Å². The first-order valence-electron chi connectivity index (χ1n) is 6.36. The second-order valence-electron chi connectivity index (χ2n) is 5.35. The smallest absolute Gasteiger partial charge is 0.326 e. The molecule has 2 saturated heterocycles. The number of likely N-dealkylation sites (tertiary alicyclic amines) is 1. The first-order chi connectivity index (χ1) is 9.21. The Balaban J connectivity index is 2.08. The molecular formula is C11H18N2O6S. The van der Waals surface area contributed by atoms with Crippen LogP contribution in [0, 0.1) is 0 Å². The van der Waals surface area contributed by atoms with Crippen LogP contribution in [0.4, 0.5) is 4.79 Å². The molecule has 0 aromatic carbocycles. The van der Waals surface area contributed by atoms with Crippen LogP contribution in [0.5, 0.6) is 0 Å². The molecule has 0 aliphatic carbocycles. The third-order valence-corrected chi connectivity index (χ3v) is 5.62. The number of carbonyl (C=O) groups is 2. The van der Waals surface area contributed by atoms with Gasteiger partial charge in [-0.2, -0.15) is 0 Å². The van der Waals surface area contributed by atoms with Crippen molar-refractivity contribution in [3.8, 4) is 0 Å². The van der Waals surface area contributed by atoms with Crippen LogP contribution in [0.15, 0.2) is 0 Å². The van der Waals surface area contributed by atoms with Crippen LogP contribution in [0.3, 0.4) is 0 Å². The number of hydrogen-bond acceptors (Lipinski definition) is 5. The van der Waals surface area contributed by atoms with Gasteiger partial charge in [0, 0.05) is 26.1 Å². The lowest BCUT2D eigenvalue weighted by atomic mass is 10.2. The van der Waals surface area contributed by atoms with E-state index in [1.807, 2.05) is 0 Å². The van der Waals surface area contributed by atoms with Crippen molar-refractivity contribution in [2.24, 2.45) is 0 Å². The monoisotopic (exact) mass is 306 g/mol. The number of carbonyl (C=O) groups excluding carboxylic acids is 1. The molecule has 0 radical (unpaired) electrons. The minimum absolute atomic E-state index is 0.00210. The highest BCUT2D eigenvalue weighted by molar-refractivity contribution is 7.91. The van der Waals surface area contributed by atoms with E-state index in [1.165, 1.54) is 11.9 Å². The van der Waals surface area contributed by atoms with Gasteiger partial charge in [-0.05, 0) is 6.42 Å². The van der Waals surface area contributed by atoms with E-state index in [0.29, 0.717) is 6.42 Å². The molecule has 2 heterocycles. The maximum atomic E-state index is 12.3. The van der Waals surface area contributed by atoms with Crippen LogP contribution in [0.2, 0.25) is 0 Å². The molecule has 0 saturated carbocycles. The summed E-state index contributed by atoms with van der Waals surface area (Å²) in [5.41, 5.74) is 0. The highest BCUT2D eigenvalue weighted by Gasteiger charge is 2.42. The zero-order valence-corrected chi connectivity index (χ0v) is 11.9. The molecule has 2 aliphatic heterocycles. The summed E-state index contributed by atoms with van der Waals surface area (Å²) in [6.45, 7) is -0.0421. The van der Waals surface area contributed by atoms with E-state index in [0.717, 1.165) is 4.90 Å². The highest BCUT2D eigenvalue weighted by atomic mass is 32.2. The Kier molecular flexibility index (Phi) is 3.92. The van der Waals surface area contributed by atoms with Crippen molar-refractivity contribution >= 4 is 21.8 Å². The van der Waals surface area contributed by atoms with Crippen LogP contribution in [0.25, 0.3) is 0 Å². The van der Waals surface area contributed by atoms with Crippen molar-refractivity contribution in [3.63, 3.8) is 0 Å². The molecule has 0 bridgehead atoms. The number of aliphatic carboxylic acids is 1. The molecule has 3 atom stereocenters. The second-order valence-corrected chi connectivity index (χ2v) is 7.57. The molecule has 0 aromatic rings. The quantitative estimate of drug-likeness (QED) is 0.658. The van der Waals surface area contributed by atoms with Crippen LogP contribution in [-0.2, 0) is 14.6 Å². The molecule has 2 rings (SSSR count). The normalized spacial score (nSPS) is 32.3. The fraction of sp³-hybridized carbons (Fsp3) is 0.818. The van der Waals surface area contributed by atoms with E-state index < -0.39 is 40.0 Å². The highest BCUT2D eigenvalue weighted by Crippen LogP contribution is 2.23. The van der Waals surface area contributed by atoms with Crippen molar-refractivity contribution in [1.29, 1.82) is 0 Å². The Bertz CT molecular complexity index is 519. The number of aliphatic hydroxyl groups is 1. The average molecular weight is 306 g/mol. The number of β-amino-alcohol motifs (C(OH)–C–C–N with tert-alkyl or cyclic N) is 1. The first-order valence-corrected chi connectivity index (χ1v) is 8.18. The predicted molar refractivity (Wildman–Crippen MR) is 69.0 cm³/mol. The maximum absolute atomic E-state index is 12.3. The molecule has 8 nitrogen and oxygen atoms in total. The van der Waals surface area contributed by atoms with Gasteiger partial charge in [0.05, 0.1) is 17.6 Å². The van der Waals surface area contributed by atoms with Gasteiger partial charge >= 0.3 is 12.0 Å². The number of carboxylic acid groups (broad SMARTS) is 1. The summed E-state index contributed by atoms with van der Waals surface area (Å²) in [4.78, 5) is 25.7. The molecule has 2 amide bonds. The van der Waals surface area contributed by atoms with Crippen LogP contribution >= 0.6 is 0 Å². The third-order valence-electron chi connectivity index (χ3n) is 3.87. The Morgan fingerprint density at radius 3 is 2.50 bits per heavy atom. The second kappa shape index (κ2) is 5.21. The maximum Gasteiger partial charge on any atom is 0.326 e. The molecule has 0 aromatic heterocycles. The Hall–Kier alpha value is -1.35. The van der Waals surface area contributed by atoms with E-state index in [1.54, 1.807) is 0 Å². The lowest BCUT2D eigenvalue weighted by Gasteiger charge is -2.30. The van der Waals surface area contributed by atoms with Gasteiger partial charge in [-0.3, -0.25) is 0 Å². The third kappa shape index (κ3) is 2.88. The molecule has 20 heavy (non-hydrogen) atoms. The molecule has 2 fully saturated rings. The molecule has 2 N–H and O–H groups in total. The predicted octanol–water partition coefficient (Wildman–Crippen LogP) is -1.25. The summed E-state index contributed by atoms with van der Waals surface area (Å²) in [7, 11) is -1.65. The number of hydrogen-bond donors (Lipinski definition) is 2. The fourth-order valence-electron chi connectivity index (χ4n) is 2.70. The van der Waals surface area contributed by atoms with Crippen molar-refractivity contribution in [2.75, 3.05) is 25.1 Å². The summed E-state index contributed by atoms with van der Waals surface area (Å²) in [5, 5.41) is 18.6. The van der Waals surface area contributed by atoms with Crippen molar-refractivity contribution in [3.05, 3.63) is 0 Å². The topological polar surface area (TPSA) is 115 Å². The summed E-state index contributed by atoms with van der Waals surface area (Å²) in [6, 6.07) is -2.03. The SMILES string of the molecule is CN(C(=O)N1CC(O)CC1C(=O)O)C1CCS(=O)(=O)C1. The molecule has 3 unspecified atom stereocenters. The van der Waals surface area contributed by atoms with Crippen molar-refractivity contribution in [1.82, 2.24) is 9.80 Å².